The lowest BCUT2D eigenvalue weighted by Gasteiger charge is -2.40. The van der Waals surface area contributed by atoms with Crippen LogP contribution in [0.2, 0.25) is 0 Å². The molecule has 1 aromatic carbocycles. The van der Waals surface area contributed by atoms with Crippen molar-refractivity contribution in [1.82, 2.24) is 14.8 Å². The van der Waals surface area contributed by atoms with Gasteiger partial charge in [0.25, 0.3) is 5.91 Å². The Morgan fingerprint density at radius 3 is 2.78 bits per heavy atom. The number of benzene rings is 1. The Kier molecular flexibility index (Phi) is 5.82. The molecule has 0 saturated carbocycles. The van der Waals surface area contributed by atoms with E-state index in [-0.39, 0.29) is 19.0 Å². The zero-order valence-electron chi connectivity index (χ0n) is 15.2. The van der Waals surface area contributed by atoms with Crippen molar-refractivity contribution < 1.29 is 18.7 Å². The molecule has 1 saturated heterocycles. The molecular weight excluding hydrogens is 352 g/mol. The molecule has 144 valence electrons. The highest BCUT2D eigenvalue weighted by Crippen LogP contribution is 2.26. The molecule has 1 aliphatic rings. The Balaban J connectivity index is 1.66. The van der Waals surface area contributed by atoms with Crippen molar-refractivity contribution in [2.24, 2.45) is 0 Å². The number of halogens is 2. The van der Waals surface area contributed by atoms with Gasteiger partial charge < -0.3 is 10.0 Å². The lowest BCUT2D eigenvalue weighted by molar-refractivity contribution is -0.160. The van der Waals surface area contributed by atoms with Gasteiger partial charge in [0, 0.05) is 38.6 Å². The van der Waals surface area contributed by atoms with Crippen molar-refractivity contribution in [2.75, 3.05) is 20.1 Å². The van der Waals surface area contributed by atoms with Crippen LogP contribution >= 0.6 is 0 Å². The molecule has 0 bridgehead atoms. The minimum atomic E-state index is -1.49. The van der Waals surface area contributed by atoms with Crippen LogP contribution in [0.5, 0.6) is 0 Å². The summed E-state index contributed by atoms with van der Waals surface area (Å²) >= 11 is 0. The molecule has 7 heteroatoms. The SMILES string of the molecule is CN(Cc1cccnc1)C[C@@]1(O)CCCN(Cc2ccc(F)c(F)c2)C1=O. The van der Waals surface area contributed by atoms with Gasteiger partial charge in [-0.05, 0) is 49.2 Å². The number of nitrogens with zero attached hydrogens (tertiary/aromatic N) is 3. The number of likely N-dealkylation sites (tertiary alicyclic amines) is 1. The molecule has 1 fully saturated rings. The number of piperidine rings is 1. The largest absolute Gasteiger partial charge is 0.379 e. The highest BCUT2D eigenvalue weighted by Gasteiger charge is 2.42. The van der Waals surface area contributed by atoms with Crippen LogP contribution in [-0.2, 0) is 17.9 Å². The summed E-state index contributed by atoms with van der Waals surface area (Å²) in [7, 11) is 1.84. The average molecular weight is 375 g/mol. The van der Waals surface area contributed by atoms with Gasteiger partial charge in [0.15, 0.2) is 17.2 Å². The van der Waals surface area contributed by atoms with E-state index in [0.717, 1.165) is 17.7 Å². The molecule has 3 rings (SSSR count). The molecule has 1 N–H and O–H groups in total. The van der Waals surface area contributed by atoms with E-state index in [9.17, 15) is 18.7 Å². The Bertz CT molecular complexity index is 803. The third kappa shape index (κ3) is 4.67. The summed E-state index contributed by atoms with van der Waals surface area (Å²) in [6.07, 6.45) is 4.46. The number of likely N-dealkylation sites (N-methyl/N-ethyl adjacent to an activating group) is 1. The monoisotopic (exact) mass is 375 g/mol. The highest BCUT2D eigenvalue weighted by atomic mass is 19.2. The quantitative estimate of drug-likeness (QED) is 0.842. The van der Waals surface area contributed by atoms with Crippen LogP contribution in [-0.4, -0.2) is 51.5 Å². The number of pyridine rings is 1. The van der Waals surface area contributed by atoms with E-state index < -0.39 is 17.2 Å². The minimum absolute atomic E-state index is 0.144. The number of aromatic nitrogens is 1. The van der Waals surface area contributed by atoms with Crippen LogP contribution in [0.15, 0.2) is 42.7 Å². The van der Waals surface area contributed by atoms with Crippen LogP contribution in [0, 0.1) is 11.6 Å². The standard InChI is InChI=1S/C20H23F2N3O2/c1-24(12-16-4-2-8-23-11-16)14-20(27)7-3-9-25(19(20)26)13-15-5-6-17(21)18(22)10-15/h2,4-6,8,10-11,27H,3,7,9,12-14H2,1H3/t20-/m0/s1. The van der Waals surface area contributed by atoms with E-state index in [0.29, 0.717) is 31.5 Å². The molecule has 1 amide bonds. The first-order chi connectivity index (χ1) is 12.9. The van der Waals surface area contributed by atoms with Gasteiger partial charge in [-0.25, -0.2) is 8.78 Å². The summed E-state index contributed by atoms with van der Waals surface area (Å²) in [5, 5.41) is 11.0. The van der Waals surface area contributed by atoms with Crippen LogP contribution in [0.1, 0.15) is 24.0 Å². The van der Waals surface area contributed by atoms with Crippen molar-refractivity contribution >= 4 is 5.91 Å². The van der Waals surface area contributed by atoms with Crippen LogP contribution in [0.3, 0.4) is 0 Å². The summed E-state index contributed by atoms with van der Waals surface area (Å²) in [5.74, 6) is -2.24. The minimum Gasteiger partial charge on any atom is -0.379 e. The van der Waals surface area contributed by atoms with E-state index in [1.807, 2.05) is 24.1 Å². The summed E-state index contributed by atoms with van der Waals surface area (Å²) in [4.78, 5) is 20.3. The van der Waals surface area contributed by atoms with Crippen molar-refractivity contribution in [3.63, 3.8) is 0 Å². The Hall–Kier alpha value is -2.38. The number of hydrogen-bond acceptors (Lipinski definition) is 4. The van der Waals surface area contributed by atoms with E-state index in [1.54, 1.807) is 12.4 Å². The molecule has 5 nitrogen and oxygen atoms in total. The average Bonchev–Trinajstić information content (AvgIpc) is 2.63. The lowest BCUT2D eigenvalue weighted by Crippen LogP contribution is -2.57. The summed E-state index contributed by atoms with van der Waals surface area (Å²) in [5.41, 5.74) is -0.00550. The fourth-order valence-electron chi connectivity index (χ4n) is 3.53. The fraction of sp³-hybridized carbons (Fsp3) is 0.400. The van der Waals surface area contributed by atoms with Gasteiger partial charge >= 0.3 is 0 Å². The third-order valence-corrected chi connectivity index (χ3v) is 4.77. The fourth-order valence-corrected chi connectivity index (χ4v) is 3.53. The molecule has 0 aliphatic carbocycles. The molecule has 0 radical (unpaired) electrons. The van der Waals surface area contributed by atoms with Gasteiger partial charge in [-0.3, -0.25) is 14.7 Å². The Morgan fingerprint density at radius 2 is 2.07 bits per heavy atom. The first-order valence-corrected chi connectivity index (χ1v) is 8.90. The van der Waals surface area contributed by atoms with Gasteiger partial charge in [0.05, 0.1) is 0 Å². The van der Waals surface area contributed by atoms with Crippen LogP contribution < -0.4 is 0 Å². The summed E-state index contributed by atoms with van der Waals surface area (Å²) in [6, 6.07) is 7.37. The predicted octanol–water partition coefficient (Wildman–Crippen LogP) is 2.35. The van der Waals surface area contributed by atoms with Crippen LogP contribution in [0.4, 0.5) is 8.78 Å². The van der Waals surface area contributed by atoms with Gasteiger partial charge in [-0.2, -0.15) is 0 Å². The second-order valence-electron chi connectivity index (χ2n) is 7.14. The summed E-state index contributed by atoms with van der Waals surface area (Å²) < 4.78 is 26.5. The zero-order valence-corrected chi connectivity index (χ0v) is 15.2. The number of carbonyl (C=O) groups excluding carboxylic acids is 1. The third-order valence-electron chi connectivity index (χ3n) is 4.77. The van der Waals surface area contributed by atoms with Crippen molar-refractivity contribution in [3.8, 4) is 0 Å². The second kappa shape index (κ2) is 8.10. The number of rotatable bonds is 6. The van der Waals surface area contributed by atoms with E-state index in [1.165, 1.54) is 11.0 Å². The predicted molar refractivity (Wildman–Crippen MR) is 96.5 cm³/mol. The van der Waals surface area contributed by atoms with E-state index >= 15 is 0 Å². The zero-order chi connectivity index (χ0) is 19.4. The maximum absolute atomic E-state index is 13.4. The van der Waals surface area contributed by atoms with Crippen molar-refractivity contribution in [2.45, 2.75) is 31.5 Å². The maximum atomic E-state index is 13.4. The van der Waals surface area contributed by atoms with Crippen molar-refractivity contribution in [1.29, 1.82) is 0 Å². The Labute approximate surface area is 157 Å². The molecule has 0 spiro atoms. The molecule has 1 aliphatic heterocycles. The number of hydrogen-bond donors (Lipinski definition) is 1. The number of carbonyl (C=O) groups is 1. The molecule has 1 atom stereocenters. The summed E-state index contributed by atoms with van der Waals surface area (Å²) in [6.45, 7) is 1.37. The van der Waals surface area contributed by atoms with Gasteiger partial charge in [0.1, 0.15) is 0 Å². The molecular formula is C20H23F2N3O2. The first-order valence-electron chi connectivity index (χ1n) is 8.90. The van der Waals surface area contributed by atoms with E-state index in [2.05, 4.69) is 4.98 Å². The maximum Gasteiger partial charge on any atom is 0.256 e. The Morgan fingerprint density at radius 1 is 1.26 bits per heavy atom. The highest BCUT2D eigenvalue weighted by molar-refractivity contribution is 5.86. The first kappa shape index (κ1) is 19.4. The van der Waals surface area contributed by atoms with Gasteiger partial charge in [-0.15, -0.1) is 0 Å². The molecule has 2 aromatic rings. The van der Waals surface area contributed by atoms with Gasteiger partial charge in [-0.1, -0.05) is 12.1 Å². The number of amides is 1. The normalized spacial score (nSPS) is 20.3. The molecule has 2 heterocycles. The number of aliphatic hydroxyl groups is 1. The van der Waals surface area contributed by atoms with E-state index in [4.69, 9.17) is 0 Å². The van der Waals surface area contributed by atoms with Crippen LogP contribution in [0.25, 0.3) is 0 Å². The molecule has 0 unspecified atom stereocenters. The van der Waals surface area contributed by atoms with Gasteiger partial charge in [0.2, 0.25) is 0 Å². The molecule has 1 aromatic heterocycles. The molecule has 27 heavy (non-hydrogen) atoms. The smallest absolute Gasteiger partial charge is 0.256 e. The van der Waals surface area contributed by atoms with Crippen molar-refractivity contribution in [3.05, 3.63) is 65.5 Å². The second-order valence-corrected chi connectivity index (χ2v) is 7.14. The topological polar surface area (TPSA) is 56.7 Å². The lowest BCUT2D eigenvalue weighted by atomic mass is 9.90.